The van der Waals surface area contributed by atoms with E-state index < -0.39 is 106 Å². The average molecular weight is 875 g/mol. The van der Waals surface area contributed by atoms with Crippen LogP contribution in [0.5, 0.6) is 0 Å². The number of hydrogen-bond acceptors (Lipinski definition) is 14. The van der Waals surface area contributed by atoms with Crippen molar-refractivity contribution in [2.24, 2.45) is 10.8 Å². The van der Waals surface area contributed by atoms with E-state index in [1.165, 1.54) is 30.3 Å². The molecule has 2 aromatic rings. The number of aromatic carboxylic acids is 1. The molecule has 6 aliphatic rings. The van der Waals surface area contributed by atoms with Gasteiger partial charge in [-0.15, -0.1) is 0 Å². The summed E-state index contributed by atoms with van der Waals surface area (Å²) in [7, 11) is 0. The summed E-state index contributed by atoms with van der Waals surface area (Å²) >= 11 is 0. The number of nitrogens with zero attached hydrogens (tertiary/aromatic N) is 4. The van der Waals surface area contributed by atoms with E-state index in [1.54, 1.807) is 47.6 Å². The second-order valence-corrected chi connectivity index (χ2v) is 17.9. The van der Waals surface area contributed by atoms with Gasteiger partial charge in [-0.2, -0.15) is 9.80 Å². The predicted octanol–water partition coefficient (Wildman–Crippen LogP) is 4.71. The van der Waals surface area contributed by atoms with Crippen LogP contribution in [0.1, 0.15) is 152 Å². The van der Waals surface area contributed by atoms with E-state index in [1.807, 2.05) is 0 Å². The molecule has 8 rings (SSSR count). The molecule has 4 heterocycles. The SMILES string of the molecule is C.C.CC(C)(C)OC(=O)N1C(=O)C(N2C(=O)c3cccc(C(=O)O)c3C2=O)CC2(CC2)C1=O.CC(C)(C)OC(=O)N1C(=O)C(N2C(=O)c3cccc(CO)c3C2=O)CC2(CC2)C1=O. The molecule has 2 atom stereocenters. The Hall–Kier alpha value is -6.63. The molecule has 63 heavy (non-hydrogen) atoms. The van der Waals surface area contributed by atoms with E-state index in [0.717, 1.165) is 4.90 Å². The van der Waals surface area contributed by atoms with Crippen LogP contribution < -0.4 is 0 Å². The topological polar surface area (TPSA) is 260 Å². The van der Waals surface area contributed by atoms with Crippen molar-refractivity contribution in [3.63, 3.8) is 0 Å². The highest BCUT2D eigenvalue weighted by Crippen LogP contribution is 2.56. The lowest BCUT2D eigenvalue weighted by atomic mass is 9.89. The Morgan fingerprint density at radius 3 is 1.37 bits per heavy atom. The van der Waals surface area contributed by atoms with Gasteiger partial charge in [0.1, 0.15) is 23.3 Å². The first-order valence-corrected chi connectivity index (χ1v) is 19.5. The molecule has 336 valence electrons. The molecule has 2 saturated carbocycles. The fourth-order valence-electron chi connectivity index (χ4n) is 8.12. The van der Waals surface area contributed by atoms with E-state index >= 15 is 0 Å². The molecule has 19 heteroatoms. The van der Waals surface area contributed by atoms with Gasteiger partial charge in [0.15, 0.2) is 0 Å². The number of fused-ring (bicyclic) bond motifs is 2. The third-order valence-corrected chi connectivity index (χ3v) is 11.4. The number of ether oxygens (including phenoxy) is 2. The Bertz CT molecular complexity index is 2420. The van der Waals surface area contributed by atoms with Crippen LogP contribution in [0.3, 0.4) is 0 Å². The molecule has 2 N–H and O–H groups in total. The largest absolute Gasteiger partial charge is 0.478 e. The highest BCUT2D eigenvalue weighted by Gasteiger charge is 2.65. The summed E-state index contributed by atoms with van der Waals surface area (Å²) in [5.41, 5.74) is -4.29. The summed E-state index contributed by atoms with van der Waals surface area (Å²) in [6.07, 6.45) is -0.694. The van der Waals surface area contributed by atoms with Gasteiger partial charge in [-0.1, -0.05) is 33.1 Å². The number of carboxylic acids is 1. The van der Waals surface area contributed by atoms with Gasteiger partial charge in [0.2, 0.25) is 11.8 Å². The lowest BCUT2D eigenvalue weighted by Gasteiger charge is -2.38. The molecular weight excluding hydrogens is 824 g/mol. The highest BCUT2D eigenvalue weighted by molar-refractivity contribution is 6.27. The number of carbonyl (C=O) groups excluding carboxylic acids is 10. The lowest BCUT2D eigenvalue weighted by Crippen LogP contribution is -2.61. The van der Waals surface area contributed by atoms with Crippen molar-refractivity contribution in [3.05, 3.63) is 69.8 Å². The fourth-order valence-corrected chi connectivity index (χ4v) is 8.12. The van der Waals surface area contributed by atoms with Gasteiger partial charge in [-0.3, -0.25) is 48.2 Å². The number of aliphatic hydroxyl groups is 1. The summed E-state index contributed by atoms with van der Waals surface area (Å²) in [5, 5.41) is 18.9. The van der Waals surface area contributed by atoms with E-state index in [0.29, 0.717) is 40.4 Å². The first-order valence-electron chi connectivity index (χ1n) is 19.5. The summed E-state index contributed by atoms with van der Waals surface area (Å²) in [6, 6.07) is 5.63. The van der Waals surface area contributed by atoms with E-state index in [4.69, 9.17) is 9.47 Å². The highest BCUT2D eigenvalue weighted by atomic mass is 16.6. The van der Waals surface area contributed by atoms with Crippen LogP contribution in [0, 0.1) is 10.8 Å². The number of amides is 10. The van der Waals surface area contributed by atoms with Gasteiger partial charge < -0.3 is 19.7 Å². The van der Waals surface area contributed by atoms with Crippen molar-refractivity contribution >= 4 is 65.4 Å². The van der Waals surface area contributed by atoms with Gasteiger partial charge in [-0.05, 0) is 104 Å². The number of carboxylic acid groups (broad SMARTS) is 1. The minimum absolute atomic E-state index is 0. The van der Waals surface area contributed by atoms with Crippen LogP contribution in [0.2, 0.25) is 0 Å². The zero-order chi connectivity index (χ0) is 44.9. The van der Waals surface area contributed by atoms with E-state index in [9.17, 15) is 63.0 Å². The maximum Gasteiger partial charge on any atom is 0.424 e. The molecule has 0 radical (unpaired) electrons. The minimum atomic E-state index is -1.42. The standard InChI is InChI=1S/C21H20N2O8.C21H22N2O7.2CH4/c1-20(2,3)31-19(30)23-15(25)12(9-21(7-8-21)18(23)29)22-14(24)10-5-4-6-11(17(27)28)13(10)16(22)26;1-20(2,3)30-19(29)23-16(26)13(9-21(7-8-21)18(23)28)22-15(25)12-6-4-5-11(10-24)14(12)17(22)27;;/h4-6,12H,7-9H2,1-3H3,(H,27,28);4-6,13,24H,7-10H2,1-3H3;2*1H4. The zero-order valence-electron chi connectivity index (χ0n) is 34.1. The number of imide groups is 8. The van der Waals surface area contributed by atoms with Gasteiger partial charge in [-0.25, -0.2) is 14.4 Å². The number of rotatable bonds is 4. The molecule has 0 aromatic heterocycles. The molecule has 4 aliphatic heterocycles. The van der Waals surface area contributed by atoms with Gasteiger partial charge in [0.05, 0.1) is 45.3 Å². The number of carbonyl (C=O) groups is 11. The molecule has 10 amide bonds. The molecular formula is C44H50N4O15. The van der Waals surface area contributed by atoms with Crippen molar-refractivity contribution < 1.29 is 72.4 Å². The molecule has 2 aliphatic carbocycles. The molecule has 2 saturated heterocycles. The maximum atomic E-state index is 13.2. The average Bonchev–Trinajstić information content (AvgIpc) is 4.09. The Kier molecular flexibility index (Phi) is 12.0. The Labute approximate surface area is 362 Å². The number of piperidine rings is 2. The van der Waals surface area contributed by atoms with Crippen molar-refractivity contribution in [2.45, 2.75) is 125 Å². The minimum Gasteiger partial charge on any atom is -0.478 e. The molecule has 0 bridgehead atoms. The number of likely N-dealkylation sites (tertiary alicyclic amines) is 2. The number of hydrogen-bond donors (Lipinski definition) is 2. The second-order valence-electron chi connectivity index (χ2n) is 17.9. The fraction of sp³-hybridized carbons (Fsp3) is 0.477. The van der Waals surface area contributed by atoms with Crippen LogP contribution in [0.25, 0.3) is 0 Å². The molecule has 2 unspecified atom stereocenters. The molecule has 4 fully saturated rings. The van der Waals surface area contributed by atoms with Gasteiger partial charge in [0.25, 0.3) is 35.4 Å². The van der Waals surface area contributed by atoms with Crippen molar-refractivity contribution in [1.29, 1.82) is 0 Å². The maximum absolute atomic E-state index is 13.2. The van der Waals surface area contributed by atoms with E-state index in [-0.39, 0.29) is 61.1 Å². The smallest absolute Gasteiger partial charge is 0.424 e. The summed E-state index contributed by atoms with van der Waals surface area (Å²) in [4.78, 5) is 143. The zero-order valence-corrected chi connectivity index (χ0v) is 34.1. The van der Waals surface area contributed by atoms with Gasteiger partial charge in [0, 0.05) is 0 Å². The van der Waals surface area contributed by atoms with Crippen molar-refractivity contribution in [2.75, 3.05) is 0 Å². The van der Waals surface area contributed by atoms with E-state index in [2.05, 4.69) is 0 Å². The summed E-state index contributed by atoms with van der Waals surface area (Å²) < 4.78 is 10.4. The van der Waals surface area contributed by atoms with Crippen LogP contribution in [-0.2, 0) is 35.3 Å². The monoisotopic (exact) mass is 874 g/mol. The summed E-state index contributed by atoms with van der Waals surface area (Å²) in [5.74, 6) is -7.91. The Morgan fingerprint density at radius 2 is 1.00 bits per heavy atom. The second kappa shape index (κ2) is 15.9. The first-order chi connectivity index (χ1) is 28.4. The van der Waals surface area contributed by atoms with Crippen molar-refractivity contribution in [1.82, 2.24) is 19.6 Å². The predicted molar refractivity (Wildman–Crippen MR) is 217 cm³/mol. The quantitative estimate of drug-likeness (QED) is 0.394. The molecule has 2 aromatic carbocycles. The van der Waals surface area contributed by atoms with Crippen LogP contribution in [0.4, 0.5) is 9.59 Å². The lowest BCUT2D eigenvalue weighted by molar-refractivity contribution is -0.156. The summed E-state index contributed by atoms with van der Waals surface area (Å²) in [6.45, 7) is 9.10. The van der Waals surface area contributed by atoms with Crippen molar-refractivity contribution in [3.8, 4) is 0 Å². The van der Waals surface area contributed by atoms with Crippen LogP contribution in [-0.4, -0.2) is 119 Å². The first kappa shape index (κ1) is 47.4. The Balaban J connectivity index is 0.000000230. The molecule has 19 nitrogen and oxygen atoms in total. The van der Waals surface area contributed by atoms with Crippen LogP contribution in [0.15, 0.2) is 36.4 Å². The molecule has 2 spiro atoms. The number of aliphatic hydroxyl groups excluding tert-OH is 1. The third kappa shape index (κ3) is 7.89. The normalized spacial score (nSPS) is 21.6. The Morgan fingerprint density at radius 1 is 0.619 bits per heavy atom. The number of benzene rings is 2. The van der Waals surface area contributed by atoms with Gasteiger partial charge >= 0.3 is 18.2 Å². The van der Waals surface area contributed by atoms with Crippen LogP contribution >= 0.6 is 0 Å². The third-order valence-electron chi connectivity index (χ3n) is 11.4.